The predicted octanol–water partition coefficient (Wildman–Crippen LogP) is 4.88. The fraction of sp³-hybridized carbons (Fsp3) is 0.545. The van der Waals surface area contributed by atoms with Crippen molar-refractivity contribution in [3.63, 3.8) is 0 Å². The lowest BCUT2D eigenvalue weighted by Crippen LogP contribution is -2.36. The van der Waals surface area contributed by atoms with E-state index in [-0.39, 0.29) is 29.4 Å². The first-order valence-electron chi connectivity index (χ1n) is 9.97. The van der Waals surface area contributed by atoms with E-state index in [1.807, 2.05) is 31.2 Å². The first-order chi connectivity index (χ1) is 13.3. The van der Waals surface area contributed by atoms with E-state index < -0.39 is 0 Å². The smallest absolute Gasteiger partial charge is 0.213 e. The molecule has 0 unspecified atom stereocenters. The molecule has 29 heavy (non-hydrogen) atoms. The van der Waals surface area contributed by atoms with Crippen molar-refractivity contribution < 1.29 is 9.15 Å². The molecule has 0 spiro atoms. The molecule has 162 valence electrons. The highest BCUT2D eigenvalue weighted by molar-refractivity contribution is 14.0. The maximum absolute atomic E-state index is 5.82. The van der Waals surface area contributed by atoms with E-state index in [9.17, 15) is 0 Å². The molecule has 0 saturated carbocycles. The summed E-state index contributed by atoms with van der Waals surface area (Å²) in [4.78, 5) is 8.99. The first-order valence-corrected chi connectivity index (χ1v) is 9.97. The van der Waals surface area contributed by atoms with Gasteiger partial charge >= 0.3 is 0 Å². The van der Waals surface area contributed by atoms with Crippen LogP contribution in [0, 0.1) is 5.92 Å². The summed E-state index contributed by atoms with van der Waals surface area (Å²) in [5.41, 5.74) is 1.08. The zero-order valence-corrected chi connectivity index (χ0v) is 20.7. The van der Waals surface area contributed by atoms with Crippen molar-refractivity contribution in [3.05, 3.63) is 47.7 Å². The lowest BCUT2D eigenvalue weighted by atomic mass is 9.94. The Morgan fingerprint density at radius 3 is 2.41 bits per heavy atom. The Morgan fingerprint density at radius 2 is 1.86 bits per heavy atom. The minimum absolute atomic E-state index is 0. The van der Waals surface area contributed by atoms with Crippen molar-refractivity contribution in [1.82, 2.24) is 15.6 Å². The first kappa shape index (κ1) is 25.3. The zero-order chi connectivity index (χ0) is 20.6. The van der Waals surface area contributed by atoms with E-state index >= 15 is 0 Å². The van der Waals surface area contributed by atoms with Crippen LogP contribution in [0.5, 0.6) is 5.75 Å². The molecule has 1 heterocycles. The van der Waals surface area contributed by atoms with Gasteiger partial charge in [0.25, 0.3) is 0 Å². The van der Waals surface area contributed by atoms with Crippen LogP contribution in [0.25, 0.3) is 0 Å². The quantitative estimate of drug-likeness (QED) is 0.299. The molecule has 0 atom stereocenters. The van der Waals surface area contributed by atoms with E-state index in [0.717, 1.165) is 36.2 Å². The van der Waals surface area contributed by atoms with Crippen LogP contribution in [0.3, 0.4) is 0 Å². The molecule has 1 aromatic heterocycles. The van der Waals surface area contributed by atoms with Crippen LogP contribution >= 0.6 is 24.0 Å². The topological polar surface area (TPSA) is 71.7 Å². The maximum Gasteiger partial charge on any atom is 0.213 e. The Balaban J connectivity index is 0.00000420. The number of hydrogen-bond donors (Lipinski definition) is 2. The van der Waals surface area contributed by atoms with Crippen molar-refractivity contribution in [2.45, 2.75) is 60.0 Å². The van der Waals surface area contributed by atoms with Crippen LogP contribution in [0.4, 0.5) is 0 Å². The SMILES string of the molecule is CCNC(=NCc1ccc(OCC(C)C)cc1)NCc1ncc(C(C)(C)C)o1.I. The van der Waals surface area contributed by atoms with Gasteiger partial charge in [-0.1, -0.05) is 46.8 Å². The van der Waals surface area contributed by atoms with Gasteiger partial charge in [0.1, 0.15) is 11.5 Å². The predicted molar refractivity (Wildman–Crippen MR) is 129 cm³/mol. The maximum atomic E-state index is 5.82. The molecular formula is C22H35IN4O2. The third kappa shape index (κ3) is 9.06. The van der Waals surface area contributed by atoms with Gasteiger partial charge in [0.2, 0.25) is 5.89 Å². The number of aromatic nitrogens is 1. The highest BCUT2D eigenvalue weighted by atomic mass is 127. The van der Waals surface area contributed by atoms with Crippen LogP contribution in [-0.2, 0) is 18.5 Å². The molecule has 2 rings (SSSR count). The van der Waals surface area contributed by atoms with Crippen LogP contribution in [0.1, 0.15) is 58.8 Å². The number of aliphatic imine (C=N–C) groups is 1. The zero-order valence-electron chi connectivity index (χ0n) is 18.4. The summed E-state index contributed by atoms with van der Waals surface area (Å²) in [6.07, 6.45) is 1.80. The fourth-order valence-electron chi connectivity index (χ4n) is 2.36. The number of benzene rings is 1. The van der Waals surface area contributed by atoms with Gasteiger partial charge in [-0.25, -0.2) is 9.98 Å². The summed E-state index contributed by atoms with van der Waals surface area (Å²) in [5, 5.41) is 6.52. The number of nitrogens with zero attached hydrogens (tertiary/aromatic N) is 2. The van der Waals surface area contributed by atoms with Crippen molar-refractivity contribution in [2.75, 3.05) is 13.2 Å². The lowest BCUT2D eigenvalue weighted by molar-refractivity contribution is 0.271. The molecule has 2 aromatic rings. The van der Waals surface area contributed by atoms with Crippen molar-refractivity contribution in [2.24, 2.45) is 10.9 Å². The van der Waals surface area contributed by atoms with Gasteiger partial charge in [0.05, 0.1) is 25.9 Å². The van der Waals surface area contributed by atoms with Gasteiger partial charge in [-0.15, -0.1) is 24.0 Å². The number of hydrogen-bond acceptors (Lipinski definition) is 4. The van der Waals surface area contributed by atoms with Crippen LogP contribution in [0.15, 0.2) is 39.9 Å². The standard InChI is InChI=1S/C22H34N4O2.HI/c1-7-23-21(26-14-20-24-13-19(28-20)22(4,5)6)25-12-17-8-10-18(11-9-17)27-15-16(2)3;/h8-11,13,16H,7,12,14-15H2,1-6H3,(H2,23,25,26);1H. The minimum atomic E-state index is -0.0467. The van der Waals surface area contributed by atoms with Gasteiger partial charge in [0, 0.05) is 12.0 Å². The summed E-state index contributed by atoms with van der Waals surface area (Å²) >= 11 is 0. The molecule has 0 aliphatic heterocycles. The fourth-order valence-corrected chi connectivity index (χ4v) is 2.36. The molecule has 0 aliphatic carbocycles. The van der Waals surface area contributed by atoms with Crippen molar-refractivity contribution >= 4 is 29.9 Å². The van der Waals surface area contributed by atoms with Crippen LogP contribution in [-0.4, -0.2) is 24.1 Å². The Kier molecular flexibility index (Phi) is 10.5. The Hall–Kier alpha value is -1.77. The highest BCUT2D eigenvalue weighted by Gasteiger charge is 2.19. The molecule has 0 amide bonds. The van der Waals surface area contributed by atoms with Crippen LogP contribution < -0.4 is 15.4 Å². The molecular weight excluding hydrogens is 479 g/mol. The second-order valence-electron chi connectivity index (χ2n) is 8.27. The van der Waals surface area contributed by atoms with Gasteiger partial charge in [-0.3, -0.25) is 0 Å². The van der Waals surface area contributed by atoms with Gasteiger partial charge in [-0.05, 0) is 30.5 Å². The molecule has 2 N–H and O–H groups in total. The average molecular weight is 514 g/mol. The third-order valence-electron chi connectivity index (χ3n) is 3.97. The number of guanidine groups is 1. The van der Waals surface area contributed by atoms with Crippen molar-refractivity contribution in [3.8, 4) is 5.75 Å². The number of rotatable bonds is 8. The number of halogens is 1. The molecule has 0 radical (unpaired) electrons. The highest BCUT2D eigenvalue weighted by Crippen LogP contribution is 2.22. The molecule has 6 nitrogen and oxygen atoms in total. The Morgan fingerprint density at radius 1 is 1.17 bits per heavy atom. The summed E-state index contributed by atoms with van der Waals surface area (Å²) < 4.78 is 11.5. The number of ether oxygens (including phenoxy) is 1. The lowest BCUT2D eigenvalue weighted by Gasteiger charge is -2.13. The summed E-state index contributed by atoms with van der Waals surface area (Å²) in [6.45, 7) is 15.2. The largest absolute Gasteiger partial charge is 0.493 e. The van der Waals surface area contributed by atoms with Gasteiger partial charge in [-0.2, -0.15) is 0 Å². The summed E-state index contributed by atoms with van der Waals surface area (Å²) in [7, 11) is 0. The Bertz CT molecular complexity index is 749. The second-order valence-corrected chi connectivity index (χ2v) is 8.27. The Labute approximate surface area is 191 Å². The minimum Gasteiger partial charge on any atom is -0.493 e. The second kappa shape index (κ2) is 12.0. The van der Waals surface area contributed by atoms with Crippen molar-refractivity contribution in [1.29, 1.82) is 0 Å². The van der Waals surface area contributed by atoms with Crippen LogP contribution in [0.2, 0.25) is 0 Å². The van der Waals surface area contributed by atoms with Gasteiger partial charge < -0.3 is 19.8 Å². The third-order valence-corrected chi connectivity index (χ3v) is 3.97. The van der Waals surface area contributed by atoms with Gasteiger partial charge in [0.15, 0.2) is 5.96 Å². The molecule has 0 saturated heterocycles. The molecule has 0 fully saturated rings. The summed E-state index contributed by atoms with van der Waals surface area (Å²) in [6, 6.07) is 8.08. The number of nitrogens with one attached hydrogen (secondary N) is 2. The molecule has 1 aromatic carbocycles. The number of oxazole rings is 1. The van der Waals surface area contributed by atoms with E-state index in [2.05, 4.69) is 55.2 Å². The summed E-state index contributed by atoms with van der Waals surface area (Å²) in [5.74, 6) is 3.68. The molecule has 0 bridgehead atoms. The van der Waals surface area contributed by atoms with E-state index in [1.54, 1.807) is 6.20 Å². The average Bonchev–Trinajstić information content (AvgIpc) is 3.12. The van der Waals surface area contributed by atoms with E-state index in [4.69, 9.17) is 9.15 Å². The molecule has 0 aliphatic rings. The van der Waals surface area contributed by atoms with E-state index in [0.29, 0.717) is 24.9 Å². The monoisotopic (exact) mass is 514 g/mol. The normalized spacial score (nSPS) is 11.9. The van der Waals surface area contributed by atoms with E-state index in [1.165, 1.54) is 0 Å². The molecule has 7 heteroatoms.